The fourth-order valence-electron chi connectivity index (χ4n) is 3.78. The molecule has 0 atom stereocenters. The fourth-order valence-corrected chi connectivity index (χ4v) is 3.91. The van der Waals surface area contributed by atoms with E-state index in [9.17, 15) is 14.9 Å². The van der Waals surface area contributed by atoms with Crippen LogP contribution in [-0.4, -0.2) is 27.8 Å². The Kier molecular flexibility index (Phi) is 5.91. The van der Waals surface area contributed by atoms with E-state index >= 15 is 0 Å². The van der Waals surface area contributed by atoms with Gasteiger partial charge in [0.2, 0.25) is 5.95 Å². The summed E-state index contributed by atoms with van der Waals surface area (Å²) in [6.07, 6.45) is 2.57. The van der Waals surface area contributed by atoms with Crippen LogP contribution in [0.5, 0.6) is 0 Å². The van der Waals surface area contributed by atoms with E-state index in [1.54, 1.807) is 44.3 Å². The fraction of sp³-hybridized carbons (Fsp3) is 0.227. The number of aryl methyl sites for hydroxylation is 2. The highest BCUT2D eigenvalue weighted by molar-refractivity contribution is 6.33. The van der Waals surface area contributed by atoms with Gasteiger partial charge in [0, 0.05) is 19.2 Å². The molecule has 4 rings (SSSR count). The van der Waals surface area contributed by atoms with Gasteiger partial charge in [0.25, 0.3) is 11.6 Å². The van der Waals surface area contributed by atoms with E-state index in [2.05, 4.69) is 25.9 Å². The van der Waals surface area contributed by atoms with Gasteiger partial charge in [-0.3, -0.25) is 14.9 Å². The Labute approximate surface area is 189 Å². The van der Waals surface area contributed by atoms with Gasteiger partial charge in [-0.05, 0) is 49.4 Å². The summed E-state index contributed by atoms with van der Waals surface area (Å²) in [5.74, 6) is 0.321. The predicted molar refractivity (Wildman–Crippen MR) is 123 cm³/mol. The number of aromatic nitrogens is 2. The number of hydrogen-bond donors (Lipinski definition) is 3. The number of carbonyl (C=O) groups is 1. The molecule has 0 saturated carbocycles. The van der Waals surface area contributed by atoms with Gasteiger partial charge in [-0.2, -0.15) is 4.98 Å². The first-order chi connectivity index (χ1) is 15.4. The van der Waals surface area contributed by atoms with E-state index in [1.807, 2.05) is 0 Å². The highest BCUT2D eigenvalue weighted by Crippen LogP contribution is 2.35. The van der Waals surface area contributed by atoms with Crippen LogP contribution in [0.15, 0.2) is 36.4 Å². The van der Waals surface area contributed by atoms with Crippen molar-refractivity contribution in [3.8, 4) is 0 Å². The molecule has 0 radical (unpaired) electrons. The quantitative estimate of drug-likeness (QED) is 0.366. The normalized spacial score (nSPS) is 12.2. The number of amides is 1. The van der Waals surface area contributed by atoms with Crippen molar-refractivity contribution in [2.75, 3.05) is 17.7 Å². The van der Waals surface area contributed by atoms with Crippen molar-refractivity contribution in [3.63, 3.8) is 0 Å². The van der Waals surface area contributed by atoms with Crippen molar-refractivity contribution in [3.05, 3.63) is 73.9 Å². The van der Waals surface area contributed by atoms with Crippen LogP contribution in [0.2, 0.25) is 5.02 Å². The maximum absolute atomic E-state index is 12.2. The molecule has 3 N–H and O–H groups in total. The Morgan fingerprint density at radius 3 is 2.66 bits per heavy atom. The van der Waals surface area contributed by atoms with Crippen molar-refractivity contribution in [1.29, 1.82) is 0 Å². The lowest BCUT2D eigenvalue weighted by atomic mass is 10.1. The highest BCUT2D eigenvalue weighted by Gasteiger charge is 2.22. The number of anilines is 4. The molecule has 3 aromatic rings. The molecule has 0 unspecified atom stereocenters. The van der Waals surface area contributed by atoms with Crippen LogP contribution in [0.1, 0.15) is 33.6 Å². The minimum atomic E-state index is -0.402. The maximum atomic E-state index is 12.2. The average molecular weight is 453 g/mol. The highest BCUT2D eigenvalue weighted by atomic mass is 35.5. The Hall–Kier alpha value is -3.72. The van der Waals surface area contributed by atoms with E-state index in [-0.39, 0.29) is 17.5 Å². The van der Waals surface area contributed by atoms with Crippen molar-refractivity contribution in [1.82, 2.24) is 15.3 Å². The van der Waals surface area contributed by atoms with Crippen molar-refractivity contribution in [2.24, 2.45) is 0 Å². The summed E-state index contributed by atoms with van der Waals surface area (Å²) in [6.45, 7) is 1.74. The van der Waals surface area contributed by atoms with Crippen molar-refractivity contribution >= 4 is 46.3 Å². The number of nitrogens with zero attached hydrogens (tertiary/aromatic N) is 3. The Morgan fingerprint density at radius 2 is 1.91 bits per heavy atom. The molecule has 1 heterocycles. The summed E-state index contributed by atoms with van der Waals surface area (Å²) >= 11 is 6.44. The largest absolute Gasteiger partial charge is 0.355 e. The monoisotopic (exact) mass is 452 g/mol. The summed E-state index contributed by atoms with van der Waals surface area (Å²) in [7, 11) is 1.56. The molecular weight excluding hydrogens is 432 g/mol. The molecule has 0 bridgehead atoms. The molecule has 0 spiro atoms. The number of rotatable bonds is 6. The molecule has 164 valence electrons. The number of nitro groups is 1. The molecule has 2 aromatic carbocycles. The molecular formula is C22H21ClN6O3. The van der Waals surface area contributed by atoms with Gasteiger partial charge in [0.05, 0.1) is 27.6 Å². The summed E-state index contributed by atoms with van der Waals surface area (Å²) < 4.78 is 0. The third-order valence-electron chi connectivity index (χ3n) is 5.33. The van der Waals surface area contributed by atoms with E-state index in [0.717, 1.165) is 30.4 Å². The zero-order chi connectivity index (χ0) is 22.8. The van der Waals surface area contributed by atoms with Crippen LogP contribution in [-0.2, 0) is 12.8 Å². The zero-order valence-electron chi connectivity index (χ0n) is 17.5. The second-order valence-electron chi connectivity index (χ2n) is 7.41. The van der Waals surface area contributed by atoms with E-state index in [1.165, 1.54) is 6.07 Å². The molecule has 9 nitrogen and oxygen atoms in total. The molecule has 1 aliphatic carbocycles. The molecule has 1 aromatic heterocycles. The lowest BCUT2D eigenvalue weighted by molar-refractivity contribution is -0.384. The lowest BCUT2D eigenvalue weighted by Crippen LogP contribution is -2.19. The van der Waals surface area contributed by atoms with Crippen molar-refractivity contribution in [2.45, 2.75) is 26.2 Å². The van der Waals surface area contributed by atoms with Crippen LogP contribution in [0.3, 0.4) is 0 Å². The molecule has 10 heteroatoms. The molecule has 1 aliphatic rings. The summed E-state index contributed by atoms with van der Waals surface area (Å²) in [6, 6.07) is 10.1. The molecule has 1 amide bonds. The van der Waals surface area contributed by atoms with Crippen LogP contribution in [0.4, 0.5) is 28.8 Å². The molecule has 0 fully saturated rings. The first-order valence-corrected chi connectivity index (χ1v) is 10.4. The minimum Gasteiger partial charge on any atom is -0.355 e. The number of carbonyl (C=O) groups excluding carboxylic acids is 1. The number of fused-ring (bicyclic) bond motifs is 1. The third-order valence-corrected chi connectivity index (χ3v) is 5.78. The van der Waals surface area contributed by atoms with Crippen LogP contribution < -0.4 is 16.0 Å². The van der Waals surface area contributed by atoms with E-state index < -0.39 is 4.92 Å². The minimum absolute atomic E-state index is 0.0247. The number of nitro benzene ring substituents is 1. The third kappa shape index (κ3) is 4.19. The molecule has 0 aliphatic heterocycles. The van der Waals surface area contributed by atoms with E-state index in [4.69, 9.17) is 11.6 Å². The number of halogens is 1. The molecule has 32 heavy (non-hydrogen) atoms. The van der Waals surface area contributed by atoms with E-state index in [0.29, 0.717) is 33.5 Å². The first-order valence-electron chi connectivity index (χ1n) is 10.1. The standard InChI is InChI=1S/C22H21ClN6O3/c1-12-19(23)20(26-17-9-4-3-7-16(17)21(30)24-2)28-22(25-12)27-18-11-14(29(31)32)10-13-6-5-8-15(13)18/h3-4,7,9-11H,5-6,8H2,1-2H3,(H,24,30)(H2,25,26,27,28). The van der Waals surface area contributed by atoms with Gasteiger partial charge in [-0.25, -0.2) is 4.98 Å². The van der Waals surface area contributed by atoms with Gasteiger partial charge in [0.15, 0.2) is 5.82 Å². The average Bonchev–Trinajstić information content (AvgIpc) is 3.26. The number of benzene rings is 2. The Bertz CT molecular complexity index is 1230. The van der Waals surface area contributed by atoms with Gasteiger partial charge in [-0.1, -0.05) is 23.7 Å². The number of nitrogens with one attached hydrogen (secondary N) is 3. The zero-order valence-corrected chi connectivity index (χ0v) is 18.3. The SMILES string of the molecule is CNC(=O)c1ccccc1Nc1nc(Nc2cc([N+](=O)[O-])cc3c2CCC3)nc(C)c1Cl. The van der Waals surface area contributed by atoms with Gasteiger partial charge in [0.1, 0.15) is 5.02 Å². The second-order valence-corrected chi connectivity index (χ2v) is 7.79. The first kappa shape index (κ1) is 21.5. The number of hydrogen-bond acceptors (Lipinski definition) is 7. The topological polar surface area (TPSA) is 122 Å². The van der Waals surface area contributed by atoms with Gasteiger partial charge < -0.3 is 16.0 Å². The molecule has 0 saturated heterocycles. The predicted octanol–water partition coefficient (Wildman–Crippen LogP) is 4.68. The van der Waals surface area contributed by atoms with Crippen molar-refractivity contribution < 1.29 is 9.72 Å². The summed E-state index contributed by atoms with van der Waals surface area (Å²) in [5, 5.41) is 20.5. The smallest absolute Gasteiger partial charge is 0.271 e. The summed E-state index contributed by atoms with van der Waals surface area (Å²) in [5.41, 5.74) is 4.13. The Morgan fingerprint density at radius 1 is 1.12 bits per heavy atom. The lowest BCUT2D eigenvalue weighted by Gasteiger charge is -2.15. The number of non-ortho nitro benzene ring substituents is 1. The number of para-hydroxylation sites is 1. The summed E-state index contributed by atoms with van der Waals surface area (Å²) in [4.78, 5) is 32.0. The maximum Gasteiger partial charge on any atom is 0.271 e. The van der Waals surface area contributed by atoms with Gasteiger partial charge in [-0.15, -0.1) is 0 Å². The second kappa shape index (κ2) is 8.80. The van der Waals surface area contributed by atoms with Crippen LogP contribution in [0, 0.1) is 17.0 Å². The van der Waals surface area contributed by atoms with Gasteiger partial charge >= 0.3 is 0 Å². The Balaban J connectivity index is 1.71. The van der Waals surface area contributed by atoms with Crippen LogP contribution >= 0.6 is 11.6 Å². The van der Waals surface area contributed by atoms with Crippen LogP contribution in [0.25, 0.3) is 0 Å².